The number of nitrogens with one attached hydrogen (secondary N) is 2. The monoisotopic (exact) mass is 453 g/mol. The Hall–Kier alpha value is -2.80. The van der Waals surface area contributed by atoms with Crippen molar-refractivity contribution in [1.82, 2.24) is 19.9 Å². The first kappa shape index (κ1) is 21.1. The van der Waals surface area contributed by atoms with E-state index in [1.54, 1.807) is 11.1 Å². The van der Waals surface area contributed by atoms with Gasteiger partial charge in [0.25, 0.3) is 0 Å². The van der Waals surface area contributed by atoms with Crippen LogP contribution in [0.1, 0.15) is 38.5 Å². The fourth-order valence-corrected chi connectivity index (χ4v) is 5.64. The highest BCUT2D eigenvalue weighted by atomic mass is 35.5. The zero-order chi connectivity index (χ0) is 22.1. The van der Waals surface area contributed by atoms with Crippen LogP contribution in [0.5, 0.6) is 0 Å². The number of carbonyl (C=O) groups is 1. The Morgan fingerprint density at radius 1 is 1.12 bits per heavy atom. The highest BCUT2D eigenvalue weighted by Crippen LogP contribution is 2.37. The average molecular weight is 454 g/mol. The highest BCUT2D eigenvalue weighted by Gasteiger charge is 2.31. The summed E-state index contributed by atoms with van der Waals surface area (Å²) in [7, 11) is 0. The smallest absolute Gasteiger partial charge is 0.407 e. The molecule has 3 N–H and O–H groups in total. The van der Waals surface area contributed by atoms with Gasteiger partial charge in [-0.3, -0.25) is 0 Å². The predicted molar refractivity (Wildman–Crippen MR) is 126 cm³/mol. The molecule has 0 spiro atoms. The fourth-order valence-electron chi connectivity index (χ4n) is 5.43. The van der Waals surface area contributed by atoms with Crippen LogP contribution in [0.4, 0.5) is 10.6 Å². The van der Waals surface area contributed by atoms with Crippen molar-refractivity contribution in [2.45, 2.75) is 44.6 Å². The van der Waals surface area contributed by atoms with Crippen molar-refractivity contribution >= 4 is 34.5 Å². The predicted octanol–water partition coefficient (Wildman–Crippen LogP) is 5.64. The van der Waals surface area contributed by atoms with E-state index < -0.39 is 6.09 Å². The zero-order valence-corrected chi connectivity index (χ0v) is 18.7. The summed E-state index contributed by atoms with van der Waals surface area (Å²) >= 11 is 6.37. The number of likely N-dealkylation sites (tertiary alicyclic amines) is 1. The molecule has 2 aliphatic rings. The number of hydrogen-bond donors (Lipinski definition) is 3. The van der Waals surface area contributed by atoms with Crippen LogP contribution >= 0.6 is 11.6 Å². The maximum absolute atomic E-state index is 11.1. The number of piperidine rings is 1. The summed E-state index contributed by atoms with van der Waals surface area (Å²) in [6.07, 6.45) is 9.51. The second-order valence-electron chi connectivity index (χ2n) is 9.03. The average Bonchev–Trinajstić information content (AvgIpc) is 3.24. The van der Waals surface area contributed by atoms with Gasteiger partial charge in [-0.25, -0.2) is 14.8 Å². The third-order valence-electron chi connectivity index (χ3n) is 7.16. The molecule has 0 atom stereocenters. The normalized spacial score (nSPS) is 22.2. The SMILES string of the molecule is O=C(O)N1CCC(C2CCC(Nc3cc(-c4c[nH]c5ncccc45)cc(Cl)n3)CC2)CC1. The Kier molecular flexibility index (Phi) is 5.91. The molecule has 7 nitrogen and oxygen atoms in total. The van der Waals surface area contributed by atoms with Gasteiger partial charge in [0.15, 0.2) is 0 Å². The number of aromatic amines is 1. The topological polar surface area (TPSA) is 94.1 Å². The standard InChI is InChI=1S/C24H28ClN5O2/c25-21-12-17(20-14-27-23-19(20)2-1-9-26-23)13-22(29-21)28-18-5-3-15(4-6-18)16-7-10-30(11-8-16)24(31)32/h1-2,9,12-16,18H,3-8,10-11H2,(H,26,27)(H,28,29)(H,31,32). The van der Waals surface area contributed by atoms with Gasteiger partial charge in [-0.15, -0.1) is 0 Å². The minimum atomic E-state index is -0.784. The van der Waals surface area contributed by atoms with Gasteiger partial charge >= 0.3 is 6.09 Å². The van der Waals surface area contributed by atoms with Gasteiger partial charge in [-0.05, 0) is 80.2 Å². The second kappa shape index (κ2) is 8.98. The van der Waals surface area contributed by atoms with Gasteiger partial charge in [0.05, 0.1) is 0 Å². The molecule has 1 aliphatic carbocycles. The first-order valence-electron chi connectivity index (χ1n) is 11.4. The number of amides is 1. The summed E-state index contributed by atoms with van der Waals surface area (Å²) in [5, 5.41) is 14.3. The van der Waals surface area contributed by atoms with Crippen molar-refractivity contribution in [1.29, 1.82) is 0 Å². The van der Waals surface area contributed by atoms with Crippen molar-refractivity contribution in [3.8, 4) is 11.1 Å². The lowest BCUT2D eigenvalue weighted by molar-refractivity contribution is 0.103. The van der Waals surface area contributed by atoms with Crippen molar-refractivity contribution in [3.63, 3.8) is 0 Å². The number of fused-ring (bicyclic) bond motifs is 1. The number of anilines is 1. The maximum Gasteiger partial charge on any atom is 0.407 e. The van der Waals surface area contributed by atoms with Crippen LogP contribution in [0.2, 0.25) is 5.15 Å². The molecule has 168 valence electrons. The molecule has 1 saturated heterocycles. The molecule has 2 fully saturated rings. The largest absolute Gasteiger partial charge is 0.465 e. The van der Waals surface area contributed by atoms with Crippen molar-refractivity contribution in [3.05, 3.63) is 41.8 Å². The Morgan fingerprint density at radius 3 is 2.62 bits per heavy atom. The van der Waals surface area contributed by atoms with Gasteiger partial charge in [0.2, 0.25) is 0 Å². The number of rotatable bonds is 4. The number of carboxylic acid groups (broad SMARTS) is 1. The van der Waals surface area contributed by atoms with Crippen LogP contribution < -0.4 is 5.32 Å². The van der Waals surface area contributed by atoms with Gasteiger partial charge in [0, 0.05) is 42.5 Å². The maximum atomic E-state index is 11.1. The summed E-state index contributed by atoms with van der Waals surface area (Å²) in [6, 6.07) is 8.33. The Labute approximate surface area is 192 Å². The Bertz CT molecular complexity index is 1100. The second-order valence-corrected chi connectivity index (χ2v) is 9.42. The fraction of sp³-hybridized carbons (Fsp3) is 0.458. The quantitative estimate of drug-likeness (QED) is 0.444. The number of aromatic nitrogens is 3. The number of nitrogens with zero attached hydrogens (tertiary/aromatic N) is 3. The van der Waals surface area contributed by atoms with Crippen molar-refractivity contribution < 1.29 is 9.90 Å². The van der Waals surface area contributed by atoms with Gasteiger partial charge in [-0.2, -0.15) is 0 Å². The molecule has 4 heterocycles. The molecule has 1 saturated carbocycles. The number of halogens is 1. The lowest BCUT2D eigenvalue weighted by Crippen LogP contribution is -2.40. The van der Waals surface area contributed by atoms with Crippen LogP contribution in [0.25, 0.3) is 22.2 Å². The molecular formula is C24H28ClN5O2. The van der Waals surface area contributed by atoms with Gasteiger partial charge in [0.1, 0.15) is 16.6 Å². The van der Waals surface area contributed by atoms with Crippen LogP contribution in [-0.4, -0.2) is 50.2 Å². The molecule has 3 aromatic rings. The third kappa shape index (κ3) is 4.39. The van der Waals surface area contributed by atoms with E-state index in [9.17, 15) is 4.79 Å². The van der Waals surface area contributed by atoms with E-state index >= 15 is 0 Å². The summed E-state index contributed by atoms with van der Waals surface area (Å²) in [4.78, 5) is 24.8. The number of H-pyrrole nitrogens is 1. The van der Waals surface area contributed by atoms with E-state index in [2.05, 4.69) is 32.4 Å². The van der Waals surface area contributed by atoms with Crippen LogP contribution in [0, 0.1) is 11.8 Å². The number of hydrogen-bond acceptors (Lipinski definition) is 4. The minimum absolute atomic E-state index is 0.383. The van der Waals surface area contributed by atoms with Gasteiger partial charge in [-0.1, -0.05) is 11.6 Å². The highest BCUT2D eigenvalue weighted by molar-refractivity contribution is 6.29. The molecule has 0 radical (unpaired) electrons. The Balaban J connectivity index is 1.22. The van der Waals surface area contributed by atoms with E-state index in [1.165, 1.54) is 12.8 Å². The van der Waals surface area contributed by atoms with Crippen LogP contribution in [-0.2, 0) is 0 Å². The lowest BCUT2D eigenvalue weighted by atomic mass is 9.74. The first-order chi connectivity index (χ1) is 15.6. The molecule has 0 aromatic carbocycles. The third-order valence-corrected chi connectivity index (χ3v) is 7.35. The number of pyridine rings is 2. The van der Waals surface area contributed by atoms with Crippen molar-refractivity contribution in [2.75, 3.05) is 18.4 Å². The molecule has 1 aliphatic heterocycles. The molecular weight excluding hydrogens is 426 g/mol. The molecule has 3 aromatic heterocycles. The molecule has 32 heavy (non-hydrogen) atoms. The van der Waals surface area contributed by atoms with Crippen molar-refractivity contribution in [2.24, 2.45) is 11.8 Å². The van der Waals surface area contributed by atoms with Crippen LogP contribution in [0.15, 0.2) is 36.7 Å². The molecule has 0 unspecified atom stereocenters. The lowest BCUT2D eigenvalue weighted by Gasteiger charge is -2.38. The van der Waals surface area contributed by atoms with Crippen LogP contribution in [0.3, 0.4) is 0 Å². The van der Waals surface area contributed by atoms with E-state index in [0.717, 1.165) is 53.7 Å². The summed E-state index contributed by atoms with van der Waals surface area (Å²) in [5.74, 6) is 2.16. The van der Waals surface area contributed by atoms with E-state index in [-0.39, 0.29) is 0 Å². The molecule has 5 rings (SSSR count). The van der Waals surface area contributed by atoms with E-state index in [1.807, 2.05) is 18.3 Å². The molecule has 8 heteroatoms. The van der Waals surface area contributed by atoms with Gasteiger partial charge < -0.3 is 20.3 Å². The zero-order valence-electron chi connectivity index (χ0n) is 17.9. The van der Waals surface area contributed by atoms with E-state index in [4.69, 9.17) is 16.7 Å². The molecule has 0 bridgehead atoms. The summed E-state index contributed by atoms with van der Waals surface area (Å²) < 4.78 is 0. The molecule has 1 amide bonds. The van der Waals surface area contributed by atoms with E-state index in [0.29, 0.717) is 36.1 Å². The summed E-state index contributed by atoms with van der Waals surface area (Å²) in [5.41, 5.74) is 2.94. The summed E-state index contributed by atoms with van der Waals surface area (Å²) in [6.45, 7) is 1.35. The minimum Gasteiger partial charge on any atom is -0.465 e. The Morgan fingerprint density at radius 2 is 1.88 bits per heavy atom. The first-order valence-corrected chi connectivity index (χ1v) is 11.8.